The van der Waals surface area contributed by atoms with Gasteiger partial charge in [-0.3, -0.25) is 0 Å². The number of hydrogen-bond acceptors (Lipinski definition) is 1. The Hall–Kier alpha value is -1.17. The van der Waals surface area contributed by atoms with E-state index in [2.05, 4.69) is 0 Å². The molecule has 0 N–H and O–H groups in total. The van der Waals surface area contributed by atoms with E-state index in [4.69, 9.17) is 5.26 Å². The lowest BCUT2D eigenvalue weighted by molar-refractivity contribution is 0.299. The predicted molar refractivity (Wildman–Crippen MR) is 32.4 cm³/mol. The van der Waals surface area contributed by atoms with Crippen molar-refractivity contribution in [3.63, 3.8) is 0 Å². The summed E-state index contributed by atoms with van der Waals surface area (Å²) in [5.74, 6) is -1.00. The fourth-order valence-electron chi connectivity index (χ4n) is 0.721. The fraction of sp³-hybridized carbons (Fsp3) is 0.286. The van der Waals surface area contributed by atoms with Crippen LogP contribution in [-0.2, 0) is 0 Å². The van der Waals surface area contributed by atoms with Gasteiger partial charge in [0.1, 0.15) is 6.07 Å². The molecule has 0 saturated carbocycles. The molecule has 1 nitrogen and oxygen atoms in total. The van der Waals surface area contributed by atoms with Gasteiger partial charge in [0.15, 0.2) is 5.83 Å². The second-order valence-electron chi connectivity index (χ2n) is 2.01. The van der Waals surface area contributed by atoms with E-state index in [0.29, 0.717) is 6.42 Å². The SMILES string of the molecule is N#CC1(F)C=CCC=C1F. The normalized spacial score (nSPS) is 31.1. The molecule has 3 heteroatoms. The van der Waals surface area contributed by atoms with Gasteiger partial charge < -0.3 is 0 Å². The molecule has 0 aromatic carbocycles. The van der Waals surface area contributed by atoms with Crippen molar-refractivity contribution in [2.24, 2.45) is 0 Å². The molecule has 1 aliphatic rings. The van der Waals surface area contributed by atoms with Crippen molar-refractivity contribution in [2.45, 2.75) is 12.1 Å². The van der Waals surface area contributed by atoms with Gasteiger partial charge in [-0.25, -0.2) is 8.78 Å². The van der Waals surface area contributed by atoms with Gasteiger partial charge in [0, 0.05) is 0 Å². The van der Waals surface area contributed by atoms with Crippen molar-refractivity contribution >= 4 is 0 Å². The van der Waals surface area contributed by atoms with Crippen LogP contribution >= 0.6 is 0 Å². The molecule has 1 unspecified atom stereocenters. The van der Waals surface area contributed by atoms with Gasteiger partial charge in [-0.1, -0.05) is 6.08 Å². The highest BCUT2D eigenvalue weighted by Crippen LogP contribution is 2.27. The Morgan fingerprint density at radius 2 is 2.40 bits per heavy atom. The second-order valence-corrected chi connectivity index (χ2v) is 2.01. The number of nitrogens with zero attached hydrogens (tertiary/aromatic N) is 1. The van der Waals surface area contributed by atoms with Gasteiger partial charge in [-0.15, -0.1) is 0 Å². The highest BCUT2D eigenvalue weighted by Gasteiger charge is 2.33. The van der Waals surface area contributed by atoms with Gasteiger partial charge in [-0.2, -0.15) is 5.26 Å². The fourth-order valence-corrected chi connectivity index (χ4v) is 0.721. The van der Waals surface area contributed by atoms with Crippen LogP contribution in [0.5, 0.6) is 0 Å². The number of hydrogen-bond donors (Lipinski definition) is 0. The number of halogens is 2. The minimum absolute atomic E-state index is 0.360. The molecule has 0 aromatic rings. The molecule has 0 aromatic heterocycles. The molecular weight excluding hydrogens is 136 g/mol. The van der Waals surface area contributed by atoms with Crippen molar-refractivity contribution in [1.82, 2.24) is 0 Å². The summed E-state index contributed by atoms with van der Waals surface area (Å²) in [7, 11) is 0. The quantitative estimate of drug-likeness (QED) is 0.473. The predicted octanol–water partition coefficient (Wildman–Crippen LogP) is 2.03. The topological polar surface area (TPSA) is 23.8 Å². The Labute approximate surface area is 57.3 Å². The van der Waals surface area contributed by atoms with E-state index < -0.39 is 11.5 Å². The van der Waals surface area contributed by atoms with Crippen molar-refractivity contribution in [3.05, 3.63) is 24.1 Å². The van der Waals surface area contributed by atoms with Crippen molar-refractivity contribution in [2.75, 3.05) is 0 Å². The van der Waals surface area contributed by atoms with Crippen LogP contribution in [0.3, 0.4) is 0 Å². The van der Waals surface area contributed by atoms with Crippen LogP contribution in [0.4, 0.5) is 8.78 Å². The molecule has 0 saturated heterocycles. The summed E-state index contributed by atoms with van der Waals surface area (Å²) in [5.41, 5.74) is -2.50. The van der Waals surface area contributed by atoms with Gasteiger partial charge >= 0.3 is 0 Å². The van der Waals surface area contributed by atoms with Crippen LogP contribution in [0.25, 0.3) is 0 Å². The van der Waals surface area contributed by atoms with Crippen LogP contribution in [-0.4, -0.2) is 5.67 Å². The summed E-state index contributed by atoms with van der Waals surface area (Å²) in [6.07, 6.45) is 3.77. The molecule has 1 aliphatic carbocycles. The summed E-state index contributed by atoms with van der Waals surface area (Å²) < 4.78 is 25.2. The standard InChI is InChI=1S/C7H5F2N/c8-6-3-1-2-4-7(6,9)5-10/h2-4H,1H2. The Morgan fingerprint density at radius 1 is 1.70 bits per heavy atom. The van der Waals surface area contributed by atoms with Gasteiger partial charge in [0.25, 0.3) is 5.67 Å². The molecule has 0 heterocycles. The minimum Gasteiger partial charge on any atom is -0.215 e. The first-order chi connectivity index (χ1) is 4.69. The number of allylic oxidation sites excluding steroid dienone is 4. The van der Waals surface area contributed by atoms with Gasteiger partial charge in [0.05, 0.1) is 0 Å². The van der Waals surface area contributed by atoms with Crippen molar-refractivity contribution < 1.29 is 8.78 Å². The molecule has 52 valence electrons. The lowest BCUT2D eigenvalue weighted by Crippen LogP contribution is -2.19. The molecule has 0 radical (unpaired) electrons. The Morgan fingerprint density at radius 3 is 2.80 bits per heavy atom. The zero-order chi connectivity index (χ0) is 7.61. The smallest absolute Gasteiger partial charge is 0.215 e. The van der Waals surface area contributed by atoms with E-state index in [1.165, 1.54) is 12.1 Å². The molecule has 0 amide bonds. The van der Waals surface area contributed by atoms with E-state index in [1.807, 2.05) is 0 Å². The maximum Gasteiger partial charge on any atom is 0.264 e. The Balaban J connectivity index is 2.97. The lowest BCUT2D eigenvalue weighted by Gasteiger charge is -2.12. The van der Waals surface area contributed by atoms with E-state index in [1.54, 1.807) is 0 Å². The van der Waals surface area contributed by atoms with Gasteiger partial charge in [0.2, 0.25) is 0 Å². The Bertz CT molecular complexity index is 236. The first kappa shape index (κ1) is 6.94. The summed E-state index contributed by atoms with van der Waals surface area (Å²) in [4.78, 5) is 0. The number of alkyl halides is 1. The lowest BCUT2D eigenvalue weighted by atomic mass is 10.0. The zero-order valence-electron chi connectivity index (χ0n) is 5.14. The third-order valence-electron chi connectivity index (χ3n) is 1.29. The highest BCUT2D eigenvalue weighted by molar-refractivity contribution is 5.33. The molecule has 10 heavy (non-hydrogen) atoms. The van der Waals surface area contributed by atoms with Crippen LogP contribution < -0.4 is 0 Å². The molecule has 1 rings (SSSR count). The third-order valence-corrected chi connectivity index (χ3v) is 1.29. The van der Waals surface area contributed by atoms with E-state index >= 15 is 0 Å². The average Bonchev–Trinajstić information content (AvgIpc) is 1.96. The molecule has 1 atom stereocenters. The summed E-state index contributed by atoms with van der Waals surface area (Å²) >= 11 is 0. The molecule has 0 fully saturated rings. The number of rotatable bonds is 0. The summed E-state index contributed by atoms with van der Waals surface area (Å²) in [6.45, 7) is 0. The monoisotopic (exact) mass is 141 g/mol. The van der Waals surface area contributed by atoms with E-state index in [-0.39, 0.29) is 0 Å². The third kappa shape index (κ3) is 0.926. The zero-order valence-corrected chi connectivity index (χ0v) is 5.14. The molecule has 0 bridgehead atoms. The summed E-state index contributed by atoms with van der Waals surface area (Å²) in [5, 5.41) is 8.16. The van der Waals surface area contributed by atoms with Gasteiger partial charge in [-0.05, 0) is 18.6 Å². The molecular formula is C7H5F2N. The van der Waals surface area contributed by atoms with E-state index in [9.17, 15) is 8.78 Å². The summed E-state index contributed by atoms with van der Waals surface area (Å²) in [6, 6.07) is 1.23. The maximum absolute atomic E-state index is 12.8. The molecule has 0 spiro atoms. The molecule has 0 aliphatic heterocycles. The Kier molecular flexibility index (Phi) is 1.54. The number of nitriles is 1. The maximum atomic E-state index is 12.8. The first-order valence-electron chi connectivity index (χ1n) is 2.83. The van der Waals surface area contributed by atoms with Crippen LogP contribution in [0, 0.1) is 11.3 Å². The van der Waals surface area contributed by atoms with Crippen LogP contribution in [0.15, 0.2) is 24.1 Å². The second kappa shape index (κ2) is 2.22. The van der Waals surface area contributed by atoms with Crippen molar-refractivity contribution in [1.29, 1.82) is 5.26 Å². The highest BCUT2D eigenvalue weighted by atomic mass is 19.2. The van der Waals surface area contributed by atoms with Crippen LogP contribution in [0.1, 0.15) is 6.42 Å². The minimum atomic E-state index is -2.50. The van der Waals surface area contributed by atoms with E-state index in [0.717, 1.165) is 12.2 Å². The van der Waals surface area contributed by atoms with Crippen LogP contribution in [0.2, 0.25) is 0 Å². The first-order valence-corrected chi connectivity index (χ1v) is 2.83. The van der Waals surface area contributed by atoms with Crippen molar-refractivity contribution in [3.8, 4) is 6.07 Å². The largest absolute Gasteiger partial charge is 0.264 e. The average molecular weight is 141 g/mol.